The largest absolute Gasteiger partial charge is 0.384 e. The molecule has 3 nitrogen and oxygen atoms in total. The molecule has 0 bridgehead atoms. The van der Waals surface area contributed by atoms with Crippen LogP contribution in [0.25, 0.3) is 0 Å². The summed E-state index contributed by atoms with van der Waals surface area (Å²) >= 11 is 1.86. The van der Waals surface area contributed by atoms with E-state index in [1.54, 1.807) is 0 Å². The number of thioether (sulfide) groups is 1. The number of hydrogen-bond donors (Lipinski definition) is 1. The van der Waals surface area contributed by atoms with Crippen molar-refractivity contribution in [1.82, 2.24) is 9.55 Å². The fourth-order valence-electron chi connectivity index (χ4n) is 1.92. The number of nitrogens with zero attached hydrogens (tertiary/aromatic N) is 2. The van der Waals surface area contributed by atoms with Crippen molar-refractivity contribution in [1.29, 1.82) is 0 Å². The molecule has 0 aliphatic rings. The highest BCUT2D eigenvalue weighted by molar-refractivity contribution is 7.98. The van der Waals surface area contributed by atoms with Gasteiger partial charge in [0.05, 0.1) is 18.6 Å². The Morgan fingerprint density at radius 1 is 1.28 bits per heavy atom. The molecule has 18 heavy (non-hydrogen) atoms. The molecular weight excluding hydrogens is 242 g/mol. The monoisotopic (exact) mass is 261 g/mol. The van der Waals surface area contributed by atoms with Crippen LogP contribution in [-0.4, -0.2) is 21.6 Å². The SMILES string of the molecule is CSCCCc1ncn(Cc2ccccc2)c1N. The molecule has 0 spiro atoms. The first-order chi connectivity index (χ1) is 8.81. The van der Waals surface area contributed by atoms with Gasteiger partial charge in [-0.15, -0.1) is 0 Å². The minimum Gasteiger partial charge on any atom is -0.384 e. The number of hydrogen-bond acceptors (Lipinski definition) is 3. The highest BCUT2D eigenvalue weighted by Crippen LogP contribution is 2.15. The number of anilines is 1. The van der Waals surface area contributed by atoms with Gasteiger partial charge in [0.15, 0.2) is 0 Å². The molecule has 2 N–H and O–H groups in total. The van der Waals surface area contributed by atoms with Gasteiger partial charge >= 0.3 is 0 Å². The van der Waals surface area contributed by atoms with E-state index in [0.29, 0.717) is 0 Å². The molecule has 1 aromatic carbocycles. The van der Waals surface area contributed by atoms with Crippen molar-refractivity contribution >= 4 is 17.6 Å². The number of rotatable bonds is 6. The van der Waals surface area contributed by atoms with Gasteiger partial charge in [-0.3, -0.25) is 0 Å². The minimum absolute atomic E-state index is 0.794. The molecule has 0 radical (unpaired) electrons. The van der Waals surface area contributed by atoms with Gasteiger partial charge < -0.3 is 10.3 Å². The Balaban J connectivity index is 2.02. The second-order valence-electron chi connectivity index (χ2n) is 4.29. The van der Waals surface area contributed by atoms with E-state index in [1.807, 2.05) is 40.9 Å². The fourth-order valence-corrected chi connectivity index (χ4v) is 2.35. The summed E-state index contributed by atoms with van der Waals surface area (Å²) in [5, 5.41) is 0. The van der Waals surface area contributed by atoms with Gasteiger partial charge in [-0.2, -0.15) is 11.8 Å². The number of benzene rings is 1. The summed E-state index contributed by atoms with van der Waals surface area (Å²) < 4.78 is 2.02. The van der Waals surface area contributed by atoms with Crippen LogP contribution in [0.15, 0.2) is 36.7 Å². The molecule has 0 atom stereocenters. The van der Waals surface area contributed by atoms with E-state index < -0.39 is 0 Å². The summed E-state index contributed by atoms with van der Waals surface area (Å²) in [4.78, 5) is 4.41. The fraction of sp³-hybridized carbons (Fsp3) is 0.357. The molecule has 4 heteroatoms. The van der Waals surface area contributed by atoms with Gasteiger partial charge in [-0.1, -0.05) is 30.3 Å². The van der Waals surface area contributed by atoms with Crippen molar-refractivity contribution in [2.75, 3.05) is 17.7 Å². The summed E-state index contributed by atoms with van der Waals surface area (Å²) in [6, 6.07) is 10.3. The minimum atomic E-state index is 0.794. The van der Waals surface area contributed by atoms with E-state index in [4.69, 9.17) is 5.73 Å². The topological polar surface area (TPSA) is 43.8 Å². The molecule has 1 heterocycles. The maximum Gasteiger partial charge on any atom is 0.126 e. The zero-order chi connectivity index (χ0) is 12.8. The van der Waals surface area contributed by atoms with Crippen LogP contribution in [0.2, 0.25) is 0 Å². The van der Waals surface area contributed by atoms with Crippen LogP contribution in [0, 0.1) is 0 Å². The standard InChI is InChI=1S/C14H19N3S/c1-18-9-5-8-13-14(15)17(11-16-13)10-12-6-3-2-4-7-12/h2-4,6-7,11H,5,8-10,15H2,1H3. The van der Waals surface area contributed by atoms with Gasteiger partial charge in [0.25, 0.3) is 0 Å². The smallest absolute Gasteiger partial charge is 0.126 e. The lowest BCUT2D eigenvalue weighted by Gasteiger charge is -2.05. The maximum absolute atomic E-state index is 6.13. The van der Waals surface area contributed by atoms with Crippen molar-refractivity contribution < 1.29 is 0 Å². The Labute approximate surface area is 112 Å². The molecule has 0 saturated carbocycles. The lowest BCUT2D eigenvalue weighted by atomic mass is 10.2. The Kier molecular flexibility index (Phi) is 4.70. The predicted octanol–water partition coefficient (Wildman–Crippen LogP) is 2.81. The van der Waals surface area contributed by atoms with Gasteiger partial charge in [0, 0.05) is 0 Å². The highest BCUT2D eigenvalue weighted by Gasteiger charge is 2.07. The van der Waals surface area contributed by atoms with Crippen LogP contribution in [-0.2, 0) is 13.0 Å². The van der Waals surface area contributed by atoms with Crippen LogP contribution in [0.3, 0.4) is 0 Å². The molecule has 1 aromatic heterocycles. The quantitative estimate of drug-likeness (QED) is 0.813. The van der Waals surface area contributed by atoms with Crippen LogP contribution in [0.4, 0.5) is 5.82 Å². The number of imidazole rings is 1. The molecule has 0 fully saturated rings. The van der Waals surface area contributed by atoms with Crippen LogP contribution in [0.5, 0.6) is 0 Å². The summed E-state index contributed by atoms with van der Waals surface area (Å²) in [6.45, 7) is 0.794. The van der Waals surface area contributed by atoms with E-state index in [9.17, 15) is 0 Å². The second kappa shape index (κ2) is 6.50. The van der Waals surface area contributed by atoms with E-state index in [-0.39, 0.29) is 0 Å². The molecule has 96 valence electrons. The summed E-state index contributed by atoms with van der Waals surface area (Å²) in [7, 11) is 0. The third-order valence-corrected chi connectivity index (χ3v) is 3.61. The van der Waals surface area contributed by atoms with Gasteiger partial charge in [0.2, 0.25) is 0 Å². The number of nitrogen functional groups attached to an aromatic ring is 1. The van der Waals surface area contributed by atoms with Gasteiger partial charge in [-0.25, -0.2) is 4.98 Å². The predicted molar refractivity (Wildman–Crippen MR) is 78.9 cm³/mol. The summed E-state index contributed by atoms with van der Waals surface area (Å²) in [5.74, 6) is 1.96. The van der Waals surface area contributed by atoms with Crippen molar-refractivity contribution in [3.05, 3.63) is 47.9 Å². The summed E-state index contributed by atoms with van der Waals surface area (Å²) in [6.07, 6.45) is 6.07. The number of nitrogens with two attached hydrogens (primary N) is 1. The van der Waals surface area contributed by atoms with Crippen LogP contribution >= 0.6 is 11.8 Å². The average molecular weight is 261 g/mol. The molecular formula is C14H19N3S. The normalized spacial score (nSPS) is 10.7. The van der Waals surface area contributed by atoms with Gasteiger partial charge in [0.1, 0.15) is 5.82 Å². The zero-order valence-corrected chi connectivity index (χ0v) is 11.5. The maximum atomic E-state index is 6.13. The third-order valence-electron chi connectivity index (χ3n) is 2.92. The Bertz CT molecular complexity index is 479. The number of aromatic nitrogens is 2. The first kappa shape index (κ1) is 13.0. The van der Waals surface area contributed by atoms with Crippen molar-refractivity contribution in [3.63, 3.8) is 0 Å². The Morgan fingerprint density at radius 3 is 2.78 bits per heavy atom. The van der Waals surface area contributed by atoms with Crippen molar-refractivity contribution in [3.8, 4) is 0 Å². The molecule has 0 aliphatic carbocycles. The lowest BCUT2D eigenvalue weighted by molar-refractivity contribution is 0.806. The number of aryl methyl sites for hydroxylation is 1. The molecule has 0 aliphatic heterocycles. The van der Waals surface area contributed by atoms with Gasteiger partial charge in [-0.05, 0) is 30.4 Å². The molecule has 0 unspecified atom stereocenters. The zero-order valence-electron chi connectivity index (χ0n) is 10.7. The molecule has 0 amide bonds. The average Bonchev–Trinajstić information content (AvgIpc) is 2.73. The second-order valence-corrected chi connectivity index (χ2v) is 5.27. The van der Waals surface area contributed by atoms with E-state index >= 15 is 0 Å². The first-order valence-electron chi connectivity index (χ1n) is 6.13. The highest BCUT2D eigenvalue weighted by atomic mass is 32.2. The van der Waals surface area contributed by atoms with Crippen LogP contribution in [0.1, 0.15) is 17.7 Å². The molecule has 2 rings (SSSR count). The Morgan fingerprint density at radius 2 is 2.06 bits per heavy atom. The van der Waals surface area contributed by atoms with E-state index in [1.165, 1.54) is 5.56 Å². The van der Waals surface area contributed by atoms with Crippen molar-refractivity contribution in [2.24, 2.45) is 0 Å². The van der Waals surface area contributed by atoms with E-state index in [0.717, 1.165) is 36.7 Å². The molecule has 2 aromatic rings. The van der Waals surface area contributed by atoms with E-state index in [2.05, 4.69) is 23.4 Å². The molecule has 0 saturated heterocycles. The lowest BCUT2D eigenvalue weighted by Crippen LogP contribution is -2.04. The third kappa shape index (κ3) is 3.29. The Hall–Kier alpha value is -1.42. The summed E-state index contributed by atoms with van der Waals surface area (Å²) in [5.41, 5.74) is 8.40. The van der Waals surface area contributed by atoms with Crippen LogP contribution < -0.4 is 5.73 Å². The van der Waals surface area contributed by atoms with Crippen molar-refractivity contribution in [2.45, 2.75) is 19.4 Å². The first-order valence-corrected chi connectivity index (χ1v) is 7.53.